The van der Waals surface area contributed by atoms with Gasteiger partial charge in [0.05, 0.1) is 11.5 Å². The molecule has 14 heavy (non-hydrogen) atoms. The Labute approximate surface area is 88.1 Å². The summed E-state index contributed by atoms with van der Waals surface area (Å²) in [6, 6.07) is 7.26. The molecule has 0 unspecified atom stereocenters. The van der Waals surface area contributed by atoms with Gasteiger partial charge in [0.25, 0.3) is 0 Å². The molecule has 1 aromatic rings. The van der Waals surface area contributed by atoms with Crippen molar-refractivity contribution in [2.75, 3.05) is 11.5 Å². The monoisotopic (exact) mass is 228 g/mol. The first-order chi connectivity index (χ1) is 6.57. The molecule has 0 saturated carbocycles. The molecule has 2 rings (SSSR count). The van der Waals surface area contributed by atoms with Gasteiger partial charge in [-0.05, 0) is 23.3 Å². The van der Waals surface area contributed by atoms with Gasteiger partial charge in [-0.1, -0.05) is 29.8 Å². The predicted octanol–water partition coefficient (Wildman–Crippen LogP) is 2.15. The summed E-state index contributed by atoms with van der Waals surface area (Å²) in [6.45, 7) is 0. The molecule has 1 aromatic carbocycles. The number of hydrogen-bond acceptors (Lipinski definition) is 2. The van der Waals surface area contributed by atoms with Crippen molar-refractivity contribution < 1.29 is 8.42 Å². The molecule has 1 aliphatic rings. The van der Waals surface area contributed by atoms with E-state index in [1.165, 1.54) is 0 Å². The van der Waals surface area contributed by atoms with Crippen molar-refractivity contribution in [2.45, 2.75) is 0 Å². The minimum absolute atomic E-state index is 0.132. The highest BCUT2D eigenvalue weighted by molar-refractivity contribution is 7.92. The summed E-state index contributed by atoms with van der Waals surface area (Å²) in [5, 5.41) is 0.632. The van der Waals surface area contributed by atoms with E-state index in [0.717, 1.165) is 11.1 Å². The van der Waals surface area contributed by atoms with Crippen LogP contribution < -0.4 is 0 Å². The van der Waals surface area contributed by atoms with Crippen LogP contribution in [0.4, 0.5) is 0 Å². The molecule has 0 spiro atoms. The van der Waals surface area contributed by atoms with Crippen LogP contribution in [0.5, 0.6) is 0 Å². The molecule has 0 amide bonds. The number of rotatable bonds is 1. The van der Waals surface area contributed by atoms with Crippen LogP contribution in [-0.2, 0) is 9.84 Å². The lowest BCUT2D eigenvalue weighted by Crippen LogP contribution is -2.02. The smallest absolute Gasteiger partial charge is 0.158 e. The van der Waals surface area contributed by atoms with E-state index in [2.05, 4.69) is 0 Å². The molecule has 2 nitrogen and oxygen atoms in total. The second-order valence-corrected chi connectivity index (χ2v) is 5.84. The molecule has 0 N–H and O–H groups in total. The Kier molecular flexibility index (Phi) is 2.37. The maximum Gasteiger partial charge on any atom is 0.158 e. The Morgan fingerprint density at radius 1 is 1.29 bits per heavy atom. The molecule has 0 aromatic heterocycles. The lowest BCUT2D eigenvalue weighted by molar-refractivity contribution is 0.603. The summed E-state index contributed by atoms with van der Waals surface area (Å²) in [6.07, 6.45) is 1.75. The van der Waals surface area contributed by atoms with Crippen LogP contribution in [0.15, 0.2) is 30.3 Å². The predicted molar refractivity (Wildman–Crippen MR) is 58.1 cm³/mol. The molecule has 1 aliphatic heterocycles. The van der Waals surface area contributed by atoms with Gasteiger partial charge in [0.2, 0.25) is 0 Å². The highest BCUT2D eigenvalue weighted by Gasteiger charge is 2.20. The topological polar surface area (TPSA) is 34.1 Å². The second kappa shape index (κ2) is 3.41. The van der Waals surface area contributed by atoms with Crippen molar-refractivity contribution in [2.24, 2.45) is 0 Å². The number of sulfone groups is 1. The van der Waals surface area contributed by atoms with Crippen LogP contribution in [0.1, 0.15) is 5.56 Å². The minimum Gasteiger partial charge on any atom is -0.228 e. The maximum atomic E-state index is 11.2. The highest BCUT2D eigenvalue weighted by atomic mass is 35.5. The Morgan fingerprint density at radius 2 is 2.07 bits per heavy atom. The molecule has 0 aliphatic carbocycles. The first-order valence-corrected chi connectivity index (χ1v) is 6.42. The Hall–Kier alpha value is -0.800. The molecule has 4 heteroatoms. The molecule has 0 bridgehead atoms. The molecule has 1 heterocycles. The average molecular weight is 229 g/mol. The van der Waals surface area contributed by atoms with E-state index in [4.69, 9.17) is 11.6 Å². The largest absolute Gasteiger partial charge is 0.228 e. The molecule has 0 atom stereocenters. The first-order valence-electron chi connectivity index (χ1n) is 4.22. The van der Waals surface area contributed by atoms with E-state index in [-0.39, 0.29) is 11.5 Å². The van der Waals surface area contributed by atoms with E-state index in [1.807, 2.05) is 12.1 Å². The molecular weight excluding hydrogens is 220 g/mol. The van der Waals surface area contributed by atoms with Crippen molar-refractivity contribution in [3.05, 3.63) is 40.9 Å². The third-order valence-corrected chi connectivity index (χ3v) is 3.81. The molecule has 0 radical (unpaired) electrons. The lowest BCUT2D eigenvalue weighted by atomic mass is 10.1. The zero-order valence-corrected chi connectivity index (χ0v) is 8.98. The molecule has 0 saturated heterocycles. The SMILES string of the molecule is O=S1(=O)CC=C(c2cccc(Cl)c2)C1. The van der Waals surface area contributed by atoms with Crippen LogP contribution >= 0.6 is 11.6 Å². The van der Waals surface area contributed by atoms with E-state index >= 15 is 0 Å². The third-order valence-electron chi connectivity index (χ3n) is 2.15. The standard InChI is InChI=1S/C10H9ClO2S/c11-10-3-1-2-8(6-10)9-4-5-14(12,13)7-9/h1-4,6H,5,7H2. The van der Waals surface area contributed by atoms with Gasteiger partial charge in [0.1, 0.15) is 0 Å². The summed E-state index contributed by atoms with van der Waals surface area (Å²) < 4.78 is 22.4. The van der Waals surface area contributed by atoms with Gasteiger partial charge >= 0.3 is 0 Å². The summed E-state index contributed by atoms with van der Waals surface area (Å²) in [5.41, 5.74) is 1.76. The van der Waals surface area contributed by atoms with Gasteiger partial charge < -0.3 is 0 Å². The van der Waals surface area contributed by atoms with Crippen molar-refractivity contribution >= 4 is 27.0 Å². The fourth-order valence-electron chi connectivity index (χ4n) is 1.47. The number of benzene rings is 1. The number of hydrogen-bond donors (Lipinski definition) is 0. The summed E-state index contributed by atoms with van der Waals surface area (Å²) in [5.74, 6) is 0.280. The van der Waals surface area contributed by atoms with Crippen LogP contribution in [0.2, 0.25) is 5.02 Å². The van der Waals surface area contributed by atoms with Crippen molar-refractivity contribution in [3.8, 4) is 0 Å². The third kappa shape index (κ3) is 1.99. The van der Waals surface area contributed by atoms with Gasteiger partial charge in [-0.15, -0.1) is 0 Å². The minimum atomic E-state index is -2.89. The highest BCUT2D eigenvalue weighted by Crippen LogP contribution is 2.24. The normalized spacial score (nSPS) is 19.4. The summed E-state index contributed by atoms with van der Waals surface area (Å²) >= 11 is 5.82. The fourth-order valence-corrected chi connectivity index (χ4v) is 2.99. The maximum absolute atomic E-state index is 11.2. The zero-order valence-electron chi connectivity index (χ0n) is 7.40. The van der Waals surface area contributed by atoms with E-state index in [0.29, 0.717) is 5.02 Å². The van der Waals surface area contributed by atoms with E-state index in [1.54, 1.807) is 18.2 Å². The van der Waals surface area contributed by atoms with Gasteiger partial charge in [0, 0.05) is 5.02 Å². The van der Waals surface area contributed by atoms with Gasteiger partial charge in [-0.3, -0.25) is 0 Å². The van der Waals surface area contributed by atoms with E-state index in [9.17, 15) is 8.42 Å². The van der Waals surface area contributed by atoms with Crippen LogP contribution in [0.3, 0.4) is 0 Å². The summed E-state index contributed by atoms with van der Waals surface area (Å²) in [7, 11) is -2.89. The first kappa shape index (κ1) is 9.74. The molecular formula is C10H9ClO2S. The van der Waals surface area contributed by atoms with Crippen molar-refractivity contribution in [1.82, 2.24) is 0 Å². The molecule has 0 fully saturated rings. The quantitative estimate of drug-likeness (QED) is 0.738. The zero-order chi connectivity index (χ0) is 10.2. The van der Waals surface area contributed by atoms with Crippen molar-refractivity contribution in [1.29, 1.82) is 0 Å². The summed E-state index contributed by atoms with van der Waals surface area (Å²) in [4.78, 5) is 0. The van der Waals surface area contributed by atoms with Gasteiger partial charge in [-0.2, -0.15) is 0 Å². The Morgan fingerprint density at radius 3 is 2.64 bits per heavy atom. The number of halogens is 1. The van der Waals surface area contributed by atoms with Crippen LogP contribution in [-0.4, -0.2) is 19.9 Å². The van der Waals surface area contributed by atoms with Gasteiger partial charge in [-0.25, -0.2) is 8.42 Å². The fraction of sp³-hybridized carbons (Fsp3) is 0.200. The van der Waals surface area contributed by atoms with Gasteiger partial charge in [0.15, 0.2) is 9.84 Å². The van der Waals surface area contributed by atoms with Crippen LogP contribution in [0, 0.1) is 0 Å². The lowest BCUT2D eigenvalue weighted by Gasteiger charge is -2.01. The van der Waals surface area contributed by atoms with E-state index < -0.39 is 9.84 Å². The van der Waals surface area contributed by atoms with Crippen molar-refractivity contribution in [3.63, 3.8) is 0 Å². The van der Waals surface area contributed by atoms with Crippen LogP contribution in [0.25, 0.3) is 5.57 Å². The molecule has 74 valence electrons. The second-order valence-electron chi connectivity index (χ2n) is 3.29. The Bertz CT molecular complexity index is 489. The Balaban J connectivity index is 2.35. The average Bonchev–Trinajstić information content (AvgIpc) is 2.46.